The summed E-state index contributed by atoms with van der Waals surface area (Å²) < 4.78 is 0. The molecule has 0 aliphatic carbocycles. The van der Waals surface area contributed by atoms with E-state index in [9.17, 15) is 0 Å². The highest BCUT2D eigenvalue weighted by Gasteiger charge is 2.13. The van der Waals surface area contributed by atoms with Gasteiger partial charge in [-0.15, -0.1) is 35.3 Å². The van der Waals surface area contributed by atoms with Gasteiger partial charge in [-0.3, -0.25) is 4.99 Å². The predicted molar refractivity (Wildman–Crippen MR) is 123 cm³/mol. The van der Waals surface area contributed by atoms with Gasteiger partial charge in [-0.1, -0.05) is 30.3 Å². The van der Waals surface area contributed by atoms with Gasteiger partial charge in [0.2, 0.25) is 0 Å². The van der Waals surface area contributed by atoms with E-state index in [0.717, 1.165) is 36.2 Å². The van der Waals surface area contributed by atoms with Crippen LogP contribution in [0.4, 0.5) is 0 Å². The molecule has 0 fully saturated rings. The number of aromatic nitrogens is 1. The highest BCUT2D eigenvalue weighted by atomic mass is 127. The van der Waals surface area contributed by atoms with Crippen LogP contribution in [0, 0.1) is 13.8 Å². The van der Waals surface area contributed by atoms with Crippen LogP contribution in [0.15, 0.2) is 35.3 Å². The van der Waals surface area contributed by atoms with E-state index in [1.54, 1.807) is 11.3 Å². The molecule has 7 heteroatoms. The van der Waals surface area contributed by atoms with Crippen LogP contribution in [0.3, 0.4) is 0 Å². The van der Waals surface area contributed by atoms with Gasteiger partial charge < -0.3 is 15.5 Å². The SMILES string of the molecule is CN=C(NCc1sc(C)nc1C)NCC(Cc1ccccc1)N(C)C.I. The number of likely N-dealkylation sites (N-methyl/N-ethyl adjacent to an activating group) is 1. The topological polar surface area (TPSA) is 52.6 Å². The molecule has 1 aromatic heterocycles. The summed E-state index contributed by atoms with van der Waals surface area (Å²) in [4.78, 5) is 12.3. The maximum Gasteiger partial charge on any atom is 0.191 e. The number of benzene rings is 1. The fraction of sp³-hybridized carbons (Fsp3) is 0.474. The molecule has 1 aromatic carbocycles. The molecule has 5 nitrogen and oxygen atoms in total. The molecule has 2 rings (SSSR count). The van der Waals surface area contributed by atoms with Crippen molar-refractivity contribution in [1.82, 2.24) is 20.5 Å². The van der Waals surface area contributed by atoms with Crippen molar-refractivity contribution in [2.24, 2.45) is 4.99 Å². The van der Waals surface area contributed by atoms with Gasteiger partial charge in [-0.2, -0.15) is 0 Å². The second-order valence-corrected chi connectivity index (χ2v) is 7.64. The van der Waals surface area contributed by atoms with Crippen LogP contribution in [0.25, 0.3) is 0 Å². The van der Waals surface area contributed by atoms with E-state index in [1.165, 1.54) is 10.4 Å². The lowest BCUT2D eigenvalue weighted by atomic mass is 10.1. The lowest BCUT2D eigenvalue weighted by Crippen LogP contribution is -2.45. The summed E-state index contributed by atoms with van der Waals surface area (Å²) >= 11 is 1.73. The lowest BCUT2D eigenvalue weighted by molar-refractivity contribution is 0.290. The molecule has 0 radical (unpaired) electrons. The van der Waals surface area contributed by atoms with Crippen molar-refractivity contribution in [2.75, 3.05) is 27.7 Å². The van der Waals surface area contributed by atoms with E-state index in [-0.39, 0.29) is 24.0 Å². The first-order chi connectivity index (χ1) is 12.0. The molecule has 2 N–H and O–H groups in total. The van der Waals surface area contributed by atoms with Crippen LogP contribution in [0.2, 0.25) is 0 Å². The first-order valence-corrected chi connectivity index (χ1v) is 9.39. The number of guanidine groups is 1. The molecule has 2 aromatic rings. The average Bonchev–Trinajstić information content (AvgIpc) is 2.92. The van der Waals surface area contributed by atoms with Gasteiger partial charge in [-0.05, 0) is 39.9 Å². The zero-order valence-corrected chi connectivity index (χ0v) is 19.4. The zero-order chi connectivity index (χ0) is 18.2. The molecule has 1 unspecified atom stereocenters. The summed E-state index contributed by atoms with van der Waals surface area (Å²) in [6, 6.07) is 11.0. The van der Waals surface area contributed by atoms with Gasteiger partial charge in [-0.25, -0.2) is 4.98 Å². The standard InChI is InChI=1S/C19H29N5S.HI/c1-14-18(25-15(2)23-14)13-22-19(20-3)21-12-17(24(4)5)11-16-9-7-6-8-10-16;/h6-10,17H,11-13H2,1-5H3,(H2,20,21,22);1H. The maximum absolute atomic E-state index is 4.47. The number of hydrogen-bond donors (Lipinski definition) is 2. The number of aryl methyl sites for hydroxylation is 2. The minimum absolute atomic E-state index is 0. The highest BCUT2D eigenvalue weighted by Crippen LogP contribution is 2.16. The summed E-state index contributed by atoms with van der Waals surface area (Å²) in [6.45, 7) is 5.68. The fourth-order valence-corrected chi connectivity index (χ4v) is 3.54. The molecular weight excluding hydrogens is 457 g/mol. The van der Waals surface area contributed by atoms with Crippen molar-refractivity contribution in [2.45, 2.75) is 32.9 Å². The number of hydrogen-bond acceptors (Lipinski definition) is 4. The van der Waals surface area contributed by atoms with Crippen LogP contribution < -0.4 is 10.6 Å². The van der Waals surface area contributed by atoms with Crippen LogP contribution in [0.1, 0.15) is 21.1 Å². The second kappa shape index (κ2) is 11.5. The van der Waals surface area contributed by atoms with E-state index in [1.807, 2.05) is 14.0 Å². The highest BCUT2D eigenvalue weighted by molar-refractivity contribution is 14.0. The Labute approximate surface area is 178 Å². The van der Waals surface area contributed by atoms with E-state index in [4.69, 9.17) is 0 Å². The molecular formula is C19H30IN5S. The first-order valence-electron chi connectivity index (χ1n) is 8.57. The van der Waals surface area contributed by atoms with Gasteiger partial charge in [0, 0.05) is 24.5 Å². The Morgan fingerprint density at radius 3 is 2.42 bits per heavy atom. The fourth-order valence-electron chi connectivity index (χ4n) is 2.66. The first kappa shape index (κ1) is 22.9. The van der Waals surface area contributed by atoms with Crippen molar-refractivity contribution in [3.05, 3.63) is 51.5 Å². The quantitative estimate of drug-likeness (QED) is 0.358. The normalized spacial score (nSPS) is 12.6. The Bertz CT molecular complexity index is 684. The summed E-state index contributed by atoms with van der Waals surface area (Å²) in [5, 5.41) is 7.94. The summed E-state index contributed by atoms with van der Waals surface area (Å²) in [5.74, 6) is 0.824. The number of halogens is 1. The molecule has 0 amide bonds. The number of aliphatic imine (C=N–C) groups is 1. The lowest BCUT2D eigenvalue weighted by Gasteiger charge is -2.25. The Morgan fingerprint density at radius 2 is 1.88 bits per heavy atom. The van der Waals surface area contributed by atoms with Crippen molar-refractivity contribution in [1.29, 1.82) is 0 Å². The molecule has 1 heterocycles. The van der Waals surface area contributed by atoms with Crippen molar-refractivity contribution < 1.29 is 0 Å². The maximum atomic E-state index is 4.47. The van der Waals surface area contributed by atoms with E-state index in [2.05, 4.69) is 76.9 Å². The third-order valence-electron chi connectivity index (χ3n) is 4.19. The number of rotatable bonds is 7. The Balaban J connectivity index is 0.00000338. The van der Waals surface area contributed by atoms with E-state index in [0.29, 0.717) is 6.04 Å². The van der Waals surface area contributed by atoms with Crippen LogP contribution >= 0.6 is 35.3 Å². The van der Waals surface area contributed by atoms with Gasteiger partial charge in [0.15, 0.2) is 5.96 Å². The summed E-state index contributed by atoms with van der Waals surface area (Å²) in [6.07, 6.45) is 1.00. The molecule has 0 aliphatic heterocycles. The molecule has 0 saturated heterocycles. The molecule has 1 atom stereocenters. The molecule has 26 heavy (non-hydrogen) atoms. The summed E-state index contributed by atoms with van der Waals surface area (Å²) in [5.41, 5.74) is 2.45. The molecule has 0 saturated carbocycles. The Kier molecular flexibility index (Phi) is 10.1. The minimum Gasteiger partial charge on any atom is -0.355 e. The summed E-state index contributed by atoms with van der Waals surface area (Å²) in [7, 11) is 6.05. The number of nitrogens with zero attached hydrogens (tertiary/aromatic N) is 3. The molecule has 144 valence electrons. The molecule has 0 bridgehead atoms. The smallest absolute Gasteiger partial charge is 0.191 e. The monoisotopic (exact) mass is 487 g/mol. The van der Waals surface area contributed by atoms with Gasteiger partial charge in [0.1, 0.15) is 0 Å². The zero-order valence-electron chi connectivity index (χ0n) is 16.2. The van der Waals surface area contributed by atoms with Crippen LogP contribution in [0.5, 0.6) is 0 Å². The van der Waals surface area contributed by atoms with Crippen molar-refractivity contribution in [3.8, 4) is 0 Å². The average molecular weight is 487 g/mol. The van der Waals surface area contributed by atoms with Crippen molar-refractivity contribution >= 4 is 41.3 Å². The van der Waals surface area contributed by atoms with Gasteiger partial charge in [0.25, 0.3) is 0 Å². The molecule has 0 spiro atoms. The van der Waals surface area contributed by atoms with Crippen LogP contribution in [-0.4, -0.2) is 49.6 Å². The number of nitrogens with one attached hydrogen (secondary N) is 2. The Hall–Kier alpha value is -1.19. The predicted octanol–water partition coefficient (Wildman–Crippen LogP) is 3.22. The second-order valence-electron chi connectivity index (χ2n) is 6.36. The van der Waals surface area contributed by atoms with E-state index < -0.39 is 0 Å². The van der Waals surface area contributed by atoms with Crippen LogP contribution in [-0.2, 0) is 13.0 Å². The largest absolute Gasteiger partial charge is 0.355 e. The van der Waals surface area contributed by atoms with Gasteiger partial charge >= 0.3 is 0 Å². The van der Waals surface area contributed by atoms with E-state index >= 15 is 0 Å². The minimum atomic E-state index is 0. The third-order valence-corrected chi connectivity index (χ3v) is 5.26. The van der Waals surface area contributed by atoms with Gasteiger partial charge in [0.05, 0.1) is 17.2 Å². The molecule has 0 aliphatic rings. The number of thiazole rings is 1. The third kappa shape index (κ3) is 7.20. The van der Waals surface area contributed by atoms with Crippen molar-refractivity contribution in [3.63, 3.8) is 0 Å². The Morgan fingerprint density at radius 1 is 1.19 bits per heavy atom.